The van der Waals surface area contributed by atoms with Crippen LogP contribution in [0.2, 0.25) is 0 Å². The van der Waals surface area contributed by atoms with E-state index < -0.39 is 6.17 Å². The maximum Gasteiger partial charge on any atom is 0.237 e. The minimum atomic E-state index is -0.775. The summed E-state index contributed by atoms with van der Waals surface area (Å²) in [5.74, 6) is 0.635. The van der Waals surface area contributed by atoms with Crippen molar-refractivity contribution in [1.82, 2.24) is 20.4 Å². The van der Waals surface area contributed by atoms with Gasteiger partial charge in [0.15, 0.2) is 0 Å². The lowest BCUT2D eigenvalue weighted by atomic mass is 9.77. The van der Waals surface area contributed by atoms with Gasteiger partial charge in [-0.15, -0.1) is 0 Å². The highest BCUT2D eigenvalue weighted by Gasteiger charge is 2.46. The SMILES string of the molecule is CC(=O)N1[C@H](C)CN([C@H]2CCC[C@@H](NC(=O)C3CC4C(F)CCC(C)C4N3)C2)C[C@@H]1C. The van der Waals surface area contributed by atoms with Crippen LogP contribution in [0.3, 0.4) is 0 Å². The molecule has 2 saturated heterocycles. The summed E-state index contributed by atoms with van der Waals surface area (Å²) in [4.78, 5) is 29.5. The van der Waals surface area contributed by atoms with Crippen molar-refractivity contribution in [1.29, 1.82) is 0 Å². The lowest BCUT2D eigenvalue weighted by Gasteiger charge is -2.48. The van der Waals surface area contributed by atoms with Crippen LogP contribution in [0, 0.1) is 11.8 Å². The van der Waals surface area contributed by atoms with Gasteiger partial charge in [0.25, 0.3) is 0 Å². The summed E-state index contributed by atoms with van der Waals surface area (Å²) >= 11 is 0. The molecular formula is C24H41FN4O2. The summed E-state index contributed by atoms with van der Waals surface area (Å²) < 4.78 is 14.4. The smallest absolute Gasteiger partial charge is 0.237 e. The van der Waals surface area contributed by atoms with E-state index in [2.05, 4.69) is 36.3 Å². The van der Waals surface area contributed by atoms with Gasteiger partial charge in [0.05, 0.1) is 6.04 Å². The van der Waals surface area contributed by atoms with Crippen LogP contribution < -0.4 is 10.6 Å². The van der Waals surface area contributed by atoms with E-state index in [-0.39, 0.29) is 47.9 Å². The van der Waals surface area contributed by atoms with E-state index in [1.807, 2.05) is 4.90 Å². The number of nitrogens with one attached hydrogen (secondary N) is 2. The summed E-state index contributed by atoms with van der Waals surface area (Å²) in [5.41, 5.74) is 0. The highest BCUT2D eigenvalue weighted by atomic mass is 19.1. The molecule has 2 aliphatic carbocycles. The third-order valence-corrected chi connectivity index (χ3v) is 8.47. The van der Waals surface area contributed by atoms with Crippen LogP contribution in [0.1, 0.15) is 72.6 Å². The Morgan fingerprint density at radius 3 is 2.35 bits per heavy atom. The molecule has 2 saturated carbocycles. The normalized spacial score (nSPS) is 44.0. The van der Waals surface area contributed by atoms with Gasteiger partial charge in [-0.25, -0.2) is 4.39 Å². The van der Waals surface area contributed by atoms with Crippen LogP contribution in [0.15, 0.2) is 0 Å². The van der Waals surface area contributed by atoms with E-state index >= 15 is 0 Å². The first-order valence-electron chi connectivity index (χ1n) is 12.5. The van der Waals surface area contributed by atoms with Crippen LogP contribution in [0.25, 0.3) is 0 Å². The Kier molecular flexibility index (Phi) is 6.92. The molecule has 2 N–H and O–H groups in total. The highest BCUT2D eigenvalue weighted by molar-refractivity contribution is 5.82. The van der Waals surface area contributed by atoms with E-state index in [9.17, 15) is 14.0 Å². The number of piperazine rings is 1. The first-order valence-corrected chi connectivity index (χ1v) is 12.5. The highest BCUT2D eigenvalue weighted by Crippen LogP contribution is 2.38. The largest absolute Gasteiger partial charge is 0.352 e. The van der Waals surface area contributed by atoms with Crippen molar-refractivity contribution in [2.75, 3.05) is 13.1 Å². The Morgan fingerprint density at radius 1 is 1.00 bits per heavy atom. The van der Waals surface area contributed by atoms with E-state index in [0.29, 0.717) is 24.8 Å². The van der Waals surface area contributed by atoms with Gasteiger partial charge in [0.2, 0.25) is 11.8 Å². The zero-order valence-electron chi connectivity index (χ0n) is 19.6. The second-order valence-corrected chi connectivity index (χ2v) is 10.8. The van der Waals surface area contributed by atoms with Gasteiger partial charge in [-0.05, 0) is 64.7 Å². The quantitative estimate of drug-likeness (QED) is 0.713. The van der Waals surface area contributed by atoms with Crippen molar-refractivity contribution in [3.05, 3.63) is 0 Å². The fourth-order valence-corrected chi connectivity index (χ4v) is 7.01. The molecule has 9 atom stereocenters. The van der Waals surface area contributed by atoms with Gasteiger partial charge < -0.3 is 15.5 Å². The van der Waals surface area contributed by atoms with Crippen LogP contribution in [-0.2, 0) is 9.59 Å². The summed E-state index contributed by atoms with van der Waals surface area (Å²) in [6.45, 7) is 9.91. The number of alkyl halides is 1. The number of carbonyl (C=O) groups excluding carboxylic acids is 2. The van der Waals surface area contributed by atoms with Gasteiger partial charge in [-0.2, -0.15) is 0 Å². The van der Waals surface area contributed by atoms with Crippen molar-refractivity contribution >= 4 is 11.8 Å². The van der Waals surface area contributed by atoms with E-state index in [1.54, 1.807) is 6.92 Å². The summed E-state index contributed by atoms with van der Waals surface area (Å²) in [6.07, 6.45) is 5.63. The molecule has 4 fully saturated rings. The molecule has 7 heteroatoms. The molecule has 0 radical (unpaired) electrons. The maximum atomic E-state index is 14.4. The zero-order chi connectivity index (χ0) is 22.3. The Morgan fingerprint density at radius 2 is 1.71 bits per heavy atom. The molecule has 31 heavy (non-hydrogen) atoms. The number of hydrogen-bond acceptors (Lipinski definition) is 4. The Hall–Kier alpha value is -1.21. The summed E-state index contributed by atoms with van der Waals surface area (Å²) in [6, 6.07) is 0.960. The van der Waals surface area contributed by atoms with E-state index in [1.165, 1.54) is 0 Å². The number of halogens is 1. The first-order chi connectivity index (χ1) is 14.7. The molecule has 0 bridgehead atoms. The summed E-state index contributed by atoms with van der Waals surface area (Å²) in [7, 11) is 0. The molecular weight excluding hydrogens is 395 g/mol. The van der Waals surface area contributed by atoms with Gasteiger partial charge in [-0.1, -0.05) is 6.92 Å². The van der Waals surface area contributed by atoms with Crippen molar-refractivity contribution < 1.29 is 14.0 Å². The monoisotopic (exact) mass is 436 g/mol. The average Bonchev–Trinajstić information content (AvgIpc) is 3.17. The number of hydrogen-bond donors (Lipinski definition) is 2. The lowest BCUT2D eigenvalue weighted by molar-refractivity contribution is -0.137. The van der Waals surface area contributed by atoms with Gasteiger partial charge in [-0.3, -0.25) is 14.5 Å². The molecule has 5 unspecified atom stereocenters. The molecule has 0 aromatic carbocycles. The van der Waals surface area contributed by atoms with Gasteiger partial charge >= 0.3 is 0 Å². The fourth-order valence-electron chi connectivity index (χ4n) is 7.01. The zero-order valence-corrected chi connectivity index (χ0v) is 19.6. The number of nitrogens with zero attached hydrogens (tertiary/aromatic N) is 2. The molecule has 0 spiro atoms. The molecule has 2 heterocycles. The maximum absolute atomic E-state index is 14.4. The van der Waals surface area contributed by atoms with Crippen LogP contribution >= 0.6 is 0 Å². The minimum Gasteiger partial charge on any atom is -0.352 e. The molecule has 6 nitrogen and oxygen atoms in total. The lowest BCUT2D eigenvalue weighted by Crippen LogP contribution is -2.61. The van der Waals surface area contributed by atoms with Crippen molar-refractivity contribution in [2.45, 2.75) is 115 Å². The number of rotatable bonds is 3. The van der Waals surface area contributed by atoms with E-state index in [0.717, 1.165) is 45.2 Å². The van der Waals surface area contributed by atoms with E-state index in [4.69, 9.17) is 0 Å². The molecule has 4 aliphatic rings. The third kappa shape index (κ3) is 4.77. The predicted octanol–water partition coefficient (Wildman–Crippen LogP) is 2.47. The van der Waals surface area contributed by atoms with Gasteiger partial charge in [0, 0.05) is 56.1 Å². The average molecular weight is 437 g/mol. The Labute approximate surface area is 186 Å². The van der Waals surface area contributed by atoms with Crippen molar-refractivity contribution in [3.8, 4) is 0 Å². The molecule has 2 amide bonds. The third-order valence-electron chi connectivity index (χ3n) is 8.47. The Bertz CT molecular complexity index is 646. The molecule has 0 aromatic rings. The number of amides is 2. The van der Waals surface area contributed by atoms with Crippen LogP contribution in [0.4, 0.5) is 4.39 Å². The molecule has 4 rings (SSSR count). The van der Waals surface area contributed by atoms with Gasteiger partial charge in [0.1, 0.15) is 6.17 Å². The number of fused-ring (bicyclic) bond motifs is 1. The van der Waals surface area contributed by atoms with Crippen LogP contribution in [0.5, 0.6) is 0 Å². The topological polar surface area (TPSA) is 64.7 Å². The second-order valence-electron chi connectivity index (χ2n) is 10.8. The predicted molar refractivity (Wildman–Crippen MR) is 119 cm³/mol. The van der Waals surface area contributed by atoms with Crippen molar-refractivity contribution in [3.63, 3.8) is 0 Å². The minimum absolute atomic E-state index is 0.0147. The molecule has 2 aliphatic heterocycles. The summed E-state index contributed by atoms with van der Waals surface area (Å²) in [5, 5.41) is 6.77. The number of carbonyl (C=O) groups is 2. The fraction of sp³-hybridized carbons (Fsp3) is 0.917. The Balaban J connectivity index is 1.31. The molecule has 176 valence electrons. The first kappa shape index (κ1) is 23.0. The molecule has 0 aromatic heterocycles. The van der Waals surface area contributed by atoms with Crippen LogP contribution in [-0.4, -0.2) is 77.1 Å². The standard InChI is InChI=1S/C24H41FN4O2/c1-14-8-9-21(25)20-11-22(27-23(14)20)24(31)26-18-6-5-7-19(10-18)28-12-15(2)29(17(4)30)16(3)13-28/h14-16,18-23,27H,5-13H2,1-4H3,(H,26,31)/t14?,15-,16+,18-,19+,20?,21?,22?,23?/m1/s1. The van der Waals surface area contributed by atoms with Crippen molar-refractivity contribution in [2.24, 2.45) is 11.8 Å². The second kappa shape index (κ2) is 9.34.